The van der Waals surface area contributed by atoms with Gasteiger partial charge < -0.3 is 5.32 Å². The Balaban J connectivity index is 2.28. The Hall–Kier alpha value is -0.650. The Morgan fingerprint density at radius 1 is 1.15 bits per heavy atom. The van der Waals surface area contributed by atoms with Crippen molar-refractivity contribution in [2.24, 2.45) is 0 Å². The van der Waals surface area contributed by atoms with Crippen molar-refractivity contribution in [2.75, 3.05) is 5.32 Å². The smallest absolute Gasteiger partial charge is 0.256 e. The minimum Gasteiger partial charge on any atom is -0.322 e. The van der Waals surface area contributed by atoms with E-state index in [1.165, 1.54) is 0 Å². The van der Waals surface area contributed by atoms with E-state index >= 15 is 0 Å². The van der Waals surface area contributed by atoms with Crippen LogP contribution in [0.2, 0.25) is 0 Å². The molecular weight excluding hydrogens is 450 g/mol. The Morgan fingerprint density at radius 2 is 1.85 bits per heavy atom. The number of halogens is 3. The summed E-state index contributed by atoms with van der Waals surface area (Å²) in [5, 5.41) is 2.95. The van der Waals surface area contributed by atoms with Gasteiger partial charge in [-0.3, -0.25) is 4.79 Å². The van der Waals surface area contributed by atoms with Crippen LogP contribution in [-0.4, -0.2) is 5.91 Å². The van der Waals surface area contributed by atoms with Crippen LogP contribution < -0.4 is 5.32 Å². The van der Waals surface area contributed by atoms with Crippen LogP contribution in [-0.2, 0) is 0 Å². The molecule has 0 fully saturated rings. The maximum absolute atomic E-state index is 12.3. The molecule has 0 aromatic heterocycles. The Kier molecular flexibility index (Phi) is 5.41. The summed E-state index contributed by atoms with van der Waals surface area (Å²) in [6.07, 6.45) is 0. The first-order valence-electron chi connectivity index (χ1n) is 5.98. The standard InChI is InChI=1S/C15H12Br3NO/c1-9(16)11-4-2-3-5-14(11)19-15(20)12-7-6-10(17)8-13(12)18/h2-9H,1H3,(H,19,20). The molecule has 0 radical (unpaired) electrons. The fraction of sp³-hybridized carbons (Fsp3) is 0.133. The molecule has 0 heterocycles. The number of hydrogen-bond donors (Lipinski definition) is 1. The number of benzene rings is 2. The number of hydrogen-bond acceptors (Lipinski definition) is 1. The van der Waals surface area contributed by atoms with Crippen LogP contribution in [0.4, 0.5) is 5.69 Å². The molecule has 20 heavy (non-hydrogen) atoms. The summed E-state index contributed by atoms with van der Waals surface area (Å²) >= 11 is 10.3. The molecule has 1 N–H and O–H groups in total. The number of amides is 1. The number of alkyl halides is 1. The van der Waals surface area contributed by atoms with Gasteiger partial charge in [-0.25, -0.2) is 0 Å². The SMILES string of the molecule is CC(Br)c1ccccc1NC(=O)c1ccc(Br)cc1Br. The van der Waals surface area contributed by atoms with Gasteiger partial charge in [0, 0.05) is 19.5 Å². The van der Waals surface area contributed by atoms with Gasteiger partial charge in [0.2, 0.25) is 0 Å². The van der Waals surface area contributed by atoms with Gasteiger partial charge in [0.15, 0.2) is 0 Å². The van der Waals surface area contributed by atoms with Crippen LogP contribution in [0.5, 0.6) is 0 Å². The maximum Gasteiger partial charge on any atom is 0.256 e. The molecule has 1 amide bonds. The summed E-state index contributed by atoms with van der Waals surface area (Å²) in [5.74, 6) is -0.134. The van der Waals surface area contributed by atoms with Gasteiger partial charge in [-0.05, 0) is 52.7 Å². The normalized spacial score (nSPS) is 12.0. The zero-order valence-electron chi connectivity index (χ0n) is 10.7. The van der Waals surface area contributed by atoms with Crippen LogP contribution >= 0.6 is 47.8 Å². The fourth-order valence-electron chi connectivity index (χ4n) is 1.82. The summed E-state index contributed by atoms with van der Waals surface area (Å²) < 4.78 is 1.68. The zero-order chi connectivity index (χ0) is 14.7. The van der Waals surface area contributed by atoms with Gasteiger partial charge in [0.1, 0.15) is 0 Å². The summed E-state index contributed by atoms with van der Waals surface area (Å²) in [7, 11) is 0. The first kappa shape index (κ1) is 15.7. The summed E-state index contributed by atoms with van der Waals surface area (Å²) in [6.45, 7) is 2.03. The first-order valence-corrected chi connectivity index (χ1v) is 8.48. The lowest BCUT2D eigenvalue weighted by molar-refractivity contribution is 0.102. The second-order valence-electron chi connectivity index (χ2n) is 4.28. The lowest BCUT2D eigenvalue weighted by atomic mass is 10.1. The molecule has 1 unspecified atom stereocenters. The number of carbonyl (C=O) groups is 1. The van der Waals surface area contributed by atoms with Crippen molar-refractivity contribution in [3.8, 4) is 0 Å². The Morgan fingerprint density at radius 3 is 2.50 bits per heavy atom. The number of carbonyl (C=O) groups excluding carboxylic acids is 1. The average Bonchev–Trinajstić information content (AvgIpc) is 2.38. The highest BCUT2D eigenvalue weighted by Gasteiger charge is 2.13. The topological polar surface area (TPSA) is 29.1 Å². The van der Waals surface area contributed by atoms with E-state index in [-0.39, 0.29) is 10.7 Å². The fourth-order valence-corrected chi connectivity index (χ4v) is 3.45. The largest absolute Gasteiger partial charge is 0.322 e. The van der Waals surface area contributed by atoms with E-state index in [0.29, 0.717) is 5.56 Å². The first-order chi connectivity index (χ1) is 9.49. The molecule has 0 saturated carbocycles. The number of nitrogens with one attached hydrogen (secondary N) is 1. The second kappa shape index (κ2) is 6.87. The molecule has 2 aromatic rings. The van der Waals surface area contributed by atoms with Crippen LogP contribution in [0, 0.1) is 0 Å². The van der Waals surface area contributed by atoms with E-state index in [4.69, 9.17) is 0 Å². The predicted molar refractivity (Wildman–Crippen MR) is 93.6 cm³/mol. The van der Waals surface area contributed by atoms with Crippen molar-refractivity contribution < 1.29 is 4.79 Å². The molecule has 1 atom stereocenters. The molecule has 0 spiro atoms. The average molecular weight is 462 g/mol. The summed E-state index contributed by atoms with van der Waals surface area (Å²) in [5.41, 5.74) is 2.47. The van der Waals surface area contributed by atoms with Crippen molar-refractivity contribution in [3.05, 3.63) is 62.5 Å². The molecule has 104 valence electrons. The van der Waals surface area contributed by atoms with Crippen LogP contribution in [0.3, 0.4) is 0 Å². The van der Waals surface area contributed by atoms with E-state index in [9.17, 15) is 4.79 Å². The van der Waals surface area contributed by atoms with Gasteiger partial charge in [0.05, 0.1) is 5.56 Å². The molecular formula is C15H12Br3NO. The lowest BCUT2D eigenvalue weighted by Gasteiger charge is -2.13. The molecule has 2 rings (SSSR count). The predicted octanol–water partition coefficient (Wildman–Crippen LogP) is 5.92. The van der Waals surface area contributed by atoms with E-state index in [1.54, 1.807) is 6.07 Å². The van der Waals surface area contributed by atoms with E-state index in [0.717, 1.165) is 20.2 Å². The quantitative estimate of drug-likeness (QED) is 0.565. The second-order valence-corrected chi connectivity index (χ2v) is 7.43. The molecule has 0 aliphatic carbocycles. The van der Waals surface area contributed by atoms with Crippen LogP contribution in [0.15, 0.2) is 51.4 Å². The highest BCUT2D eigenvalue weighted by atomic mass is 79.9. The van der Waals surface area contributed by atoms with Gasteiger partial charge in [0.25, 0.3) is 5.91 Å². The third-order valence-corrected chi connectivity index (χ3v) is 4.46. The molecule has 0 saturated heterocycles. The molecule has 2 nitrogen and oxygen atoms in total. The molecule has 0 aliphatic rings. The minimum absolute atomic E-state index is 0.134. The minimum atomic E-state index is -0.134. The van der Waals surface area contributed by atoms with Crippen molar-refractivity contribution >= 4 is 59.4 Å². The highest BCUT2D eigenvalue weighted by Crippen LogP contribution is 2.29. The molecule has 0 aliphatic heterocycles. The van der Waals surface area contributed by atoms with Gasteiger partial charge in [-0.15, -0.1) is 0 Å². The Labute approximate surface area is 143 Å². The highest BCUT2D eigenvalue weighted by molar-refractivity contribution is 9.11. The van der Waals surface area contributed by atoms with Gasteiger partial charge in [-0.1, -0.05) is 50.1 Å². The van der Waals surface area contributed by atoms with E-state index in [2.05, 4.69) is 53.1 Å². The van der Waals surface area contributed by atoms with Crippen LogP contribution in [0.25, 0.3) is 0 Å². The monoisotopic (exact) mass is 459 g/mol. The number of para-hydroxylation sites is 1. The van der Waals surface area contributed by atoms with E-state index in [1.807, 2.05) is 43.3 Å². The summed E-state index contributed by atoms with van der Waals surface area (Å²) in [4.78, 5) is 12.5. The van der Waals surface area contributed by atoms with Crippen molar-refractivity contribution in [3.63, 3.8) is 0 Å². The molecule has 5 heteroatoms. The van der Waals surface area contributed by atoms with Crippen LogP contribution in [0.1, 0.15) is 27.7 Å². The summed E-state index contributed by atoms with van der Waals surface area (Å²) in [6, 6.07) is 13.2. The Bertz CT molecular complexity index is 641. The van der Waals surface area contributed by atoms with E-state index < -0.39 is 0 Å². The maximum atomic E-state index is 12.3. The van der Waals surface area contributed by atoms with Crippen molar-refractivity contribution in [1.82, 2.24) is 0 Å². The van der Waals surface area contributed by atoms with Crippen molar-refractivity contribution in [1.29, 1.82) is 0 Å². The molecule has 0 bridgehead atoms. The molecule has 2 aromatic carbocycles. The lowest BCUT2D eigenvalue weighted by Crippen LogP contribution is -2.14. The number of rotatable bonds is 3. The third kappa shape index (κ3) is 3.71. The van der Waals surface area contributed by atoms with Gasteiger partial charge in [-0.2, -0.15) is 0 Å². The van der Waals surface area contributed by atoms with Crippen molar-refractivity contribution in [2.45, 2.75) is 11.8 Å². The van der Waals surface area contributed by atoms with Gasteiger partial charge >= 0.3 is 0 Å². The number of anilines is 1. The third-order valence-electron chi connectivity index (χ3n) is 2.81. The zero-order valence-corrected chi connectivity index (χ0v) is 15.4.